The van der Waals surface area contributed by atoms with Crippen LogP contribution in [0.5, 0.6) is 11.5 Å². The van der Waals surface area contributed by atoms with Crippen LogP contribution in [0.15, 0.2) is 12.1 Å². The molecule has 0 aliphatic heterocycles. The average Bonchev–Trinajstić information content (AvgIpc) is 2.74. The minimum atomic E-state index is 0.293. The highest BCUT2D eigenvalue weighted by molar-refractivity contribution is 6.16. The van der Waals surface area contributed by atoms with E-state index in [1.165, 1.54) is 0 Å². The van der Waals surface area contributed by atoms with Gasteiger partial charge in [-0.1, -0.05) is 0 Å². The molecule has 0 radical (unpaired) electrons. The Morgan fingerprint density at radius 3 is 2.33 bits per heavy atom. The Morgan fingerprint density at radius 2 is 1.83 bits per heavy atom. The molecular formula is C13H17ClN2O2. The number of methoxy groups -OCH3 is 2. The molecule has 0 saturated carbocycles. The second-order valence-corrected chi connectivity index (χ2v) is 4.59. The second kappa shape index (κ2) is 5.06. The van der Waals surface area contributed by atoms with Gasteiger partial charge in [-0.25, -0.2) is 4.98 Å². The molecule has 0 spiro atoms. The van der Waals surface area contributed by atoms with Crippen molar-refractivity contribution in [2.45, 2.75) is 25.8 Å². The maximum atomic E-state index is 5.95. The van der Waals surface area contributed by atoms with Crippen molar-refractivity contribution in [3.63, 3.8) is 0 Å². The molecule has 0 aliphatic rings. The fourth-order valence-electron chi connectivity index (χ4n) is 2.14. The highest BCUT2D eigenvalue weighted by Gasteiger charge is 2.16. The van der Waals surface area contributed by atoms with Crippen molar-refractivity contribution in [1.82, 2.24) is 9.55 Å². The van der Waals surface area contributed by atoms with Crippen molar-refractivity contribution < 1.29 is 9.47 Å². The molecule has 0 aliphatic carbocycles. The van der Waals surface area contributed by atoms with E-state index in [0.29, 0.717) is 23.4 Å². The largest absolute Gasteiger partial charge is 0.493 e. The van der Waals surface area contributed by atoms with Crippen LogP contribution < -0.4 is 9.47 Å². The van der Waals surface area contributed by atoms with E-state index in [1.54, 1.807) is 14.2 Å². The number of hydrogen-bond donors (Lipinski definition) is 0. The molecule has 0 bridgehead atoms. The third-order valence-electron chi connectivity index (χ3n) is 2.90. The smallest absolute Gasteiger partial charge is 0.163 e. The van der Waals surface area contributed by atoms with Crippen LogP contribution in [0.2, 0.25) is 0 Å². The lowest BCUT2D eigenvalue weighted by Crippen LogP contribution is -2.04. The van der Waals surface area contributed by atoms with Crippen molar-refractivity contribution in [2.75, 3.05) is 14.2 Å². The molecule has 2 aromatic rings. The van der Waals surface area contributed by atoms with Gasteiger partial charge in [0, 0.05) is 18.2 Å². The highest BCUT2D eigenvalue weighted by Crippen LogP contribution is 2.33. The van der Waals surface area contributed by atoms with Crippen LogP contribution in [0.4, 0.5) is 0 Å². The normalized spacial score (nSPS) is 11.2. The zero-order valence-electron chi connectivity index (χ0n) is 11.0. The van der Waals surface area contributed by atoms with E-state index >= 15 is 0 Å². The number of nitrogens with zero attached hydrogens (tertiary/aromatic N) is 2. The summed E-state index contributed by atoms with van der Waals surface area (Å²) in [6, 6.07) is 4.11. The molecule has 0 N–H and O–H groups in total. The SMILES string of the molecule is COc1cc2nc(CCl)n(C(C)C)c2cc1OC. The first-order valence-corrected chi connectivity index (χ1v) is 6.34. The first-order chi connectivity index (χ1) is 8.62. The Bertz CT molecular complexity index is 564. The predicted molar refractivity (Wildman–Crippen MR) is 72.8 cm³/mol. The summed E-state index contributed by atoms with van der Waals surface area (Å²) in [6.07, 6.45) is 0. The van der Waals surface area contributed by atoms with Gasteiger partial charge >= 0.3 is 0 Å². The molecule has 0 amide bonds. The first-order valence-electron chi connectivity index (χ1n) is 5.81. The summed E-state index contributed by atoms with van der Waals surface area (Å²) in [4.78, 5) is 4.53. The Kier molecular flexibility index (Phi) is 3.66. The lowest BCUT2D eigenvalue weighted by atomic mass is 10.2. The van der Waals surface area contributed by atoms with E-state index < -0.39 is 0 Å². The standard InChI is InChI=1S/C13H17ClN2O2/c1-8(2)16-10-6-12(18-4)11(17-3)5-9(10)15-13(16)7-14/h5-6,8H,7H2,1-4H3. The second-order valence-electron chi connectivity index (χ2n) is 4.32. The van der Waals surface area contributed by atoms with Crippen LogP contribution >= 0.6 is 11.6 Å². The topological polar surface area (TPSA) is 36.3 Å². The lowest BCUT2D eigenvalue weighted by molar-refractivity contribution is 0.355. The van der Waals surface area contributed by atoms with E-state index in [-0.39, 0.29) is 0 Å². The summed E-state index contributed by atoms with van der Waals surface area (Å²) < 4.78 is 12.7. The van der Waals surface area contributed by atoms with Gasteiger partial charge in [0.15, 0.2) is 11.5 Å². The molecule has 1 aromatic carbocycles. The summed E-state index contributed by atoms with van der Waals surface area (Å²) in [7, 11) is 3.24. The Morgan fingerprint density at radius 1 is 1.22 bits per heavy atom. The van der Waals surface area contributed by atoms with Gasteiger partial charge in [-0.15, -0.1) is 11.6 Å². The predicted octanol–water partition coefficient (Wildman–Crippen LogP) is 3.37. The zero-order valence-corrected chi connectivity index (χ0v) is 11.8. The summed E-state index contributed by atoms with van der Waals surface area (Å²) in [5.41, 5.74) is 1.88. The summed E-state index contributed by atoms with van der Waals surface area (Å²) in [5.74, 6) is 2.63. The van der Waals surface area contributed by atoms with Crippen LogP contribution in [0, 0.1) is 0 Å². The quantitative estimate of drug-likeness (QED) is 0.798. The highest BCUT2D eigenvalue weighted by atomic mass is 35.5. The Balaban J connectivity index is 2.74. The first kappa shape index (κ1) is 13.0. The fourth-order valence-corrected chi connectivity index (χ4v) is 2.33. The molecule has 4 nitrogen and oxygen atoms in total. The molecule has 2 rings (SSSR count). The maximum absolute atomic E-state index is 5.95. The van der Waals surface area contributed by atoms with E-state index in [4.69, 9.17) is 21.1 Å². The molecule has 18 heavy (non-hydrogen) atoms. The summed E-state index contributed by atoms with van der Waals surface area (Å²) >= 11 is 5.95. The van der Waals surface area contributed by atoms with Crippen LogP contribution in [0.25, 0.3) is 11.0 Å². The number of ether oxygens (including phenoxy) is 2. The third-order valence-corrected chi connectivity index (χ3v) is 3.14. The van der Waals surface area contributed by atoms with E-state index in [9.17, 15) is 0 Å². The number of halogens is 1. The molecule has 0 atom stereocenters. The van der Waals surface area contributed by atoms with Crippen molar-refractivity contribution in [2.24, 2.45) is 0 Å². The molecule has 1 aromatic heterocycles. The zero-order chi connectivity index (χ0) is 13.3. The van der Waals surface area contributed by atoms with Crippen LogP contribution in [0.1, 0.15) is 25.7 Å². The van der Waals surface area contributed by atoms with E-state index in [2.05, 4.69) is 23.4 Å². The molecule has 0 fully saturated rings. The van der Waals surface area contributed by atoms with Gasteiger partial charge < -0.3 is 14.0 Å². The fraction of sp³-hybridized carbons (Fsp3) is 0.462. The van der Waals surface area contributed by atoms with Gasteiger partial charge in [0.1, 0.15) is 5.82 Å². The van der Waals surface area contributed by atoms with Gasteiger partial charge in [0.25, 0.3) is 0 Å². The van der Waals surface area contributed by atoms with Crippen molar-refractivity contribution in [3.8, 4) is 11.5 Å². The minimum Gasteiger partial charge on any atom is -0.493 e. The van der Waals surface area contributed by atoms with Crippen LogP contribution in [-0.2, 0) is 5.88 Å². The third kappa shape index (κ3) is 2.01. The van der Waals surface area contributed by atoms with Gasteiger partial charge in [0.2, 0.25) is 0 Å². The number of aromatic nitrogens is 2. The van der Waals surface area contributed by atoms with Gasteiger partial charge in [0.05, 0.1) is 31.1 Å². The average molecular weight is 269 g/mol. The number of hydrogen-bond acceptors (Lipinski definition) is 3. The molecule has 0 unspecified atom stereocenters. The monoisotopic (exact) mass is 268 g/mol. The van der Waals surface area contributed by atoms with Crippen molar-refractivity contribution in [3.05, 3.63) is 18.0 Å². The number of alkyl halides is 1. The molecule has 1 heterocycles. The molecular weight excluding hydrogens is 252 g/mol. The van der Waals surface area contributed by atoms with Gasteiger partial charge in [-0.05, 0) is 13.8 Å². The maximum Gasteiger partial charge on any atom is 0.163 e. The van der Waals surface area contributed by atoms with Crippen molar-refractivity contribution in [1.29, 1.82) is 0 Å². The summed E-state index contributed by atoms with van der Waals surface area (Å²) in [6.45, 7) is 4.21. The molecule has 0 saturated heterocycles. The summed E-state index contributed by atoms with van der Waals surface area (Å²) in [5, 5.41) is 0. The minimum absolute atomic E-state index is 0.293. The Labute approximate surface area is 111 Å². The number of imidazole rings is 1. The van der Waals surface area contributed by atoms with Crippen molar-refractivity contribution >= 4 is 22.6 Å². The molecule has 5 heteroatoms. The van der Waals surface area contributed by atoms with Crippen LogP contribution in [-0.4, -0.2) is 23.8 Å². The number of fused-ring (bicyclic) bond motifs is 1. The van der Waals surface area contributed by atoms with E-state index in [1.807, 2.05) is 12.1 Å². The number of benzene rings is 1. The van der Waals surface area contributed by atoms with Gasteiger partial charge in [-0.2, -0.15) is 0 Å². The Hall–Kier alpha value is -1.42. The number of rotatable bonds is 4. The van der Waals surface area contributed by atoms with E-state index in [0.717, 1.165) is 16.9 Å². The molecule has 98 valence electrons. The lowest BCUT2D eigenvalue weighted by Gasteiger charge is -2.13. The van der Waals surface area contributed by atoms with Gasteiger partial charge in [-0.3, -0.25) is 0 Å². The van der Waals surface area contributed by atoms with Crippen LogP contribution in [0.3, 0.4) is 0 Å².